The van der Waals surface area contributed by atoms with E-state index in [0.717, 1.165) is 0 Å². The lowest BCUT2D eigenvalue weighted by Gasteiger charge is -2.15. The highest BCUT2D eigenvalue weighted by molar-refractivity contribution is 5.41. The van der Waals surface area contributed by atoms with E-state index >= 15 is 0 Å². The number of aromatic nitrogens is 3. The maximum Gasteiger partial charge on any atom is 0.339 e. The number of benzene rings is 1. The standard InChI is InChI=1S/C14H13FN4O/c1-9(16)13-17-12-6-3-7-18(12)14(20)19(13)11-5-2-4-10(15)8-11/h2-9H,16H2,1H3. The van der Waals surface area contributed by atoms with Gasteiger partial charge in [0.25, 0.3) is 0 Å². The van der Waals surface area contributed by atoms with Gasteiger partial charge in [0, 0.05) is 6.20 Å². The predicted molar refractivity (Wildman–Crippen MR) is 73.3 cm³/mol. The molecule has 2 aromatic heterocycles. The summed E-state index contributed by atoms with van der Waals surface area (Å²) in [5.41, 5.74) is 6.50. The maximum absolute atomic E-state index is 13.4. The third-order valence-corrected chi connectivity index (χ3v) is 3.06. The molecule has 5 nitrogen and oxygen atoms in total. The van der Waals surface area contributed by atoms with Crippen molar-refractivity contribution in [1.82, 2.24) is 14.0 Å². The Morgan fingerprint density at radius 1 is 1.30 bits per heavy atom. The molecule has 0 bridgehead atoms. The van der Waals surface area contributed by atoms with Gasteiger partial charge < -0.3 is 5.73 Å². The number of hydrogen-bond donors (Lipinski definition) is 1. The minimum absolute atomic E-state index is 0.321. The van der Waals surface area contributed by atoms with Crippen molar-refractivity contribution in [2.75, 3.05) is 0 Å². The Bertz CT molecular complexity index is 835. The van der Waals surface area contributed by atoms with Crippen molar-refractivity contribution in [1.29, 1.82) is 0 Å². The van der Waals surface area contributed by atoms with Gasteiger partial charge in [-0.05, 0) is 37.3 Å². The van der Waals surface area contributed by atoms with Crippen LogP contribution in [0.2, 0.25) is 0 Å². The molecule has 1 aromatic carbocycles. The fraction of sp³-hybridized carbons (Fsp3) is 0.143. The molecule has 0 saturated heterocycles. The van der Waals surface area contributed by atoms with Crippen LogP contribution < -0.4 is 11.4 Å². The summed E-state index contributed by atoms with van der Waals surface area (Å²) in [7, 11) is 0. The Kier molecular flexibility index (Phi) is 2.87. The summed E-state index contributed by atoms with van der Waals surface area (Å²) in [6.07, 6.45) is 1.62. The van der Waals surface area contributed by atoms with E-state index in [1.54, 1.807) is 37.4 Å². The summed E-state index contributed by atoms with van der Waals surface area (Å²) in [6, 6.07) is 8.79. The van der Waals surface area contributed by atoms with E-state index in [9.17, 15) is 9.18 Å². The highest BCUT2D eigenvalue weighted by Crippen LogP contribution is 2.14. The van der Waals surface area contributed by atoms with E-state index in [0.29, 0.717) is 17.2 Å². The van der Waals surface area contributed by atoms with Crippen LogP contribution in [0.3, 0.4) is 0 Å². The second kappa shape index (κ2) is 4.57. The summed E-state index contributed by atoms with van der Waals surface area (Å²) < 4.78 is 16.1. The van der Waals surface area contributed by atoms with Crippen molar-refractivity contribution < 1.29 is 4.39 Å². The molecule has 0 aliphatic carbocycles. The molecule has 0 aliphatic rings. The first kappa shape index (κ1) is 12.6. The van der Waals surface area contributed by atoms with Crippen LogP contribution in [0.4, 0.5) is 4.39 Å². The van der Waals surface area contributed by atoms with Crippen LogP contribution in [0.15, 0.2) is 47.4 Å². The van der Waals surface area contributed by atoms with Gasteiger partial charge in [0.2, 0.25) is 0 Å². The van der Waals surface area contributed by atoms with Crippen molar-refractivity contribution in [2.24, 2.45) is 5.73 Å². The minimum Gasteiger partial charge on any atom is -0.322 e. The van der Waals surface area contributed by atoms with Crippen LogP contribution >= 0.6 is 0 Å². The Hall–Kier alpha value is -2.47. The van der Waals surface area contributed by atoms with Gasteiger partial charge in [-0.2, -0.15) is 0 Å². The molecule has 3 rings (SSSR count). The molecule has 0 radical (unpaired) electrons. The second-order valence-corrected chi connectivity index (χ2v) is 4.59. The quantitative estimate of drug-likeness (QED) is 0.771. The van der Waals surface area contributed by atoms with Gasteiger partial charge in [0.15, 0.2) is 0 Å². The zero-order valence-electron chi connectivity index (χ0n) is 10.8. The molecule has 0 aliphatic heterocycles. The van der Waals surface area contributed by atoms with Crippen LogP contribution in [0.25, 0.3) is 11.3 Å². The minimum atomic E-state index is -0.453. The highest BCUT2D eigenvalue weighted by Gasteiger charge is 2.15. The lowest BCUT2D eigenvalue weighted by Crippen LogP contribution is -2.31. The van der Waals surface area contributed by atoms with E-state index in [2.05, 4.69) is 4.98 Å². The van der Waals surface area contributed by atoms with E-state index < -0.39 is 11.9 Å². The summed E-state index contributed by atoms with van der Waals surface area (Å²) in [5.74, 6) is -0.0237. The zero-order chi connectivity index (χ0) is 14.3. The molecule has 0 spiro atoms. The third-order valence-electron chi connectivity index (χ3n) is 3.06. The summed E-state index contributed by atoms with van der Waals surface area (Å²) in [6.45, 7) is 1.73. The Morgan fingerprint density at radius 3 is 2.80 bits per heavy atom. The largest absolute Gasteiger partial charge is 0.339 e. The predicted octanol–water partition coefficient (Wildman–Crippen LogP) is 1.64. The molecule has 3 aromatic rings. The van der Waals surface area contributed by atoms with Gasteiger partial charge in [-0.1, -0.05) is 6.07 Å². The Balaban J connectivity index is 2.40. The number of nitrogens with two attached hydrogens (primary N) is 1. The molecular formula is C14H13FN4O. The van der Waals surface area contributed by atoms with Crippen LogP contribution in [0, 0.1) is 5.82 Å². The number of nitrogens with zero attached hydrogens (tertiary/aromatic N) is 3. The normalized spacial score (nSPS) is 12.8. The van der Waals surface area contributed by atoms with E-state index in [1.165, 1.54) is 21.1 Å². The molecule has 6 heteroatoms. The molecular weight excluding hydrogens is 259 g/mol. The average molecular weight is 272 g/mol. The third kappa shape index (κ3) is 1.90. The van der Waals surface area contributed by atoms with E-state index in [4.69, 9.17) is 5.73 Å². The van der Waals surface area contributed by atoms with Gasteiger partial charge in [0.1, 0.15) is 17.3 Å². The molecule has 102 valence electrons. The first-order valence-corrected chi connectivity index (χ1v) is 6.19. The summed E-state index contributed by atoms with van der Waals surface area (Å²) in [5, 5.41) is 0. The van der Waals surface area contributed by atoms with Crippen molar-refractivity contribution in [3.8, 4) is 5.69 Å². The van der Waals surface area contributed by atoms with Gasteiger partial charge >= 0.3 is 5.69 Å². The summed E-state index contributed by atoms with van der Waals surface area (Å²) in [4.78, 5) is 16.9. The zero-order valence-corrected chi connectivity index (χ0v) is 10.8. The van der Waals surface area contributed by atoms with E-state index in [1.807, 2.05) is 0 Å². The lowest BCUT2D eigenvalue weighted by molar-refractivity contribution is 0.621. The van der Waals surface area contributed by atoms with Crippen LogP contribution in [-0.4, -0.2) is 14.0 Å². The highest BCUT2D eigenvalue weighted by atomic mass is 19.1. The van der Waals surface area contributed by atoms with Crippen LogP contribution in [0.1, 0.15) is 18.8 Å². The number of halogens is 1. The topological polar surface area (TPSA) is 65.3 Å². The van der Waals surface area contributed by atoms with Gasteiger partial charge in [-0.3, -0.25) is 4.40 Å². The fourth-order valence-corrected chi connectivity index (χ4v) is 2.16. The SMILES string of the molecule is CC(N)c1nc2cccn2c(=O)n1-c1cccc(F)c1. The number of rotatable bonds is 2. The first-order chi connectivity index (χ1) is 9.58. The first-order valence-electron chi connectivity index (χ1n) is 6.19. The molecule has 1 unspecified atom stereocenters. The molecule has 2 heterocycles. The van der Waals surface area contributed by atoms with Crippen molar-refractivity contribution in [3.63, 3.8) is 0 Å². The smallest absolute Gasteiger partial charge is 0.322 e. The van der Waals surface area contributed by atoms with Crippen molar-refractivity contribution in [2.45, 2.75) is 13.0 Å². The number of fused-ring (bicyclic) bond motifs is 1. The van der Waals surface area contributed by atoms with Crippen molar-refractivity contribution >= 4 is 5.65 Å². The van der Waals surface area contributed by atoms with Crippen LogP contribution in [0.5, 0.6) is 0 Å². The molecule has 0 fully saturated rings. The molecule has 1 atom stereocenters. The molecule has 0 saturated carbocycles. The van der Waals surface area contributed by atoms with Gasteiger partial charge in [0.05, 0.1) is 11.7 Å². The van der Waals surface area contributed by atoms with Crippen molar-refractivity contribution in [3.05, 3.63) is 64.7 Å². The maximum atomic E-state index is 13.4. The van der Waals surface area contributed by atoms with Crippen LogP contribution in [-0.2, 0) is 0 Å². The Morgan fingerprint density at radius 2 is 2.10 bits per heavy atom. The van der Waals surface area contributed by atoms with Gasteiger partial charge in [-0.25, -0.2) is 18.7 Å². The summed E-state index contributed by atoms with van der Waals surface area (Å²) >= 11 is 0. The second-order valence-electron chi connectivity index (χ2n) is 4.59. The van der Waals surface area contributed by atoms with E-state index in [-0.39, 0.29) is 5.69 Å². The monoisotopic (exact) mass is 272 g/mol. The fourth-order valence-electron chi connectivity index (χ4n) is 2.16. The molecule has 2 N–H and O–H groups in total. The molecule has 20 heavy (non-hydrogen) atoms. The average Bonchev–Trinajstić information content (AvgIpc) is 2.87. The number of hydrogen-bond acceptors (Lipinski definition) is 3. The van der Waals surface area contributed by atoms with Gasteiger partial charge in [-0.15, -0.1) is 0 Å². The Labute approximate surface area is 114 Å². The molecule has 0 amide bonds. The lowest BCUT2D eigenvalue weighted by atomic mass is 10.2.